The fourth-order valence-electron chi connectivity index (χ4n) is 1.24. The van der Waals surface area contributed by atoms with E-state index in [1.54, 1.807) is 0 Å². The standard InChI is InChI=1S/C6H20N4O6P2/c7-10(8)4-3-9-6(18(14,15)16)2-1-5-17(11,12)13/h6,9H,1-5,7-8H2,(H2,11,12,13)(H2,14,15,16). The third-order valence-electron chi connectivity index (χ3n) is 2.08. The Hall–Kier alpha value is 0.140. The average Bonchev–Trinajstić information content (AvgIpc) is 2.11. The van der Waals surface area contributed by atoms with Crippen molar-refractivity contribution in [3.63, 3.8) is 0 Å². The van der Waals surface area contributed by atoms with Crippen molar-refractivity contribution in [3.8, 4) is 0 Å². The smallest absolute Gasteiger partial charge is 0.324 e. The maximum atomic E-state index is 11.1. The van der Waals surface area contributed by atoms with Gasteiger partial charge in [-0.3, -0.25) is 20.8 Å². The van der Waals surface area contributed by atoms with Crippen molar-refractivity contribution in [1.29, 1.82) is 0 Å². The van der Waals surface area contributed by atoms with Crippen molar-refractivity contribution < 1.29 is 28.7 Å². The Morgan fingerprint density at radius 2 is 1.72 bits per heavy atom. The third kappa shape index (κ3) is 10.1. The molecule has 0 aliphatic heterocycles. The Kier molecular flexibility index (Phi) is 7.72. The van der Waals surface area contributed by atoms with Crippen LogP contribution in [0.25, 0.3) is 0 Å². The van der Waals surface area contributed by atoms with E-state index >= 15 is 0 Å². The van der Waals surface area contributed by atoms with Gasteiger partial charge < -0.3 is 24.9 Å². The van der Waals surface area contributed by atoms with E-state index in [0.29, 0.717) is 0 Å². The highest BCUT2D eigenvalue weighted by Gasteiger charge is 2.28. The molecule has 12 heteroatoms. The second-order valence-electron chi connectivity index (χ2n) is 3.83. The molecule has 9 N–H and O–H groups in total. The zero-order chi connectivity index (χ0) is 14.4. The molecule has 0 fully saturated rings. The van der Waals surface area contributed by atoms with Crippen LogP contribution < -0.4 is 17.0 Å². The van der Waals surface area contributed by atoms with Gasteiger partial charge in [0.2, 0.25) is 0 Å². The minimum atomic E-state index is -4.38. The van der Waals surface area contributed by atoms with E-state index in [9.17, 15) is 9.13 Å². The molecule has 0 saturated heterocycles. The third-order valence-corrected chi connectivity index (χ3v) is 4.23. The number of nitrogens with zero attached hydrogens (tertiary/aromatic N) is 1. The van der Waals surface area contributed by atoms with Crippen molar-refractivity contribution >= 4 is 15.2 Å². The molecule has 1 unspecified atom stereocenters. The molecule has 0 saturated carbocycles. The summed E-state index contributed by atoms with van der Waals surface area (Å²) in [5.74, 6) is 9.07. The average molecular weight is 306 g/mol. The first-order chi connectivity index (χ1) is 8.02. The minimum Gasteiger partial charge on any atom is -0.324 e. The van der Waals surface area contributed by atoms with Crippen LogP contribution in [0.15, 0.2) is 0 Å². The molecule has 0 radical (unpaired) electrons. The second-order valence-corrected chi connectivity index (χ2v) is 7.41. The number of rotatable bonds is 9. The second kappa shape index (κ2) is 7.66. The predicted octanol–water partition coefficient (Wildman–Crippen LogP) is -1.91. The fraction of sp³-hybridized carbons (Fsp3) is 1.00. The summed E-state index contributed by atoms with van der Waals surface area (Å²) in [4.78, 5) is 35.4. The lowest BCUT2D eigenvalue weighted by Gasteiger charge is -2.21. The molecule has 0 amide bonds. The summed E-state index contributed by atoms with van der Waals surface area (Å²) in [5.41, 5.74) is 0. The zero-order valence-corrected chi connectivity index (χ0v) is 11.5. The van der Waals surface area contributed by atoms with Crippen molar-refractivity contribution in [2.45, 2.75) is 18.6 Å². The van der Waals surface area contributed by atoms with Crippen LogP contribution in [0, 0.1) is 0 Å². The molecule has 10 nitrogen and oxygen atoms in total. The summed E-state index contributed by atoms with van der Waals surface area (Å²) in [6, 6.07) is 0. The van der Waals surface area contributed by atoms with Gasteiger partial charge in [0.1, 0.15) is 5.78 Å². The highest BCUT2D eigenvalue weighted by atomic mass is 31.2. The number of nitrogens with two attached hydrogens (primary N) is 2. The molecular formula is C6H20N4O6P2. The van der Waals surface area contributed by atoms with Crippen LogP contribution >= 0.6 is 15.2 Å². The summed E-state index contributed by atoms with van der Waals surface area (Å²) >= 11 is 0. The lowest BCUT2D eigenvalue weighted by atomic mass is 10.3. The molecule has 18 heavy (non-hydrogen) atoms. The predicted molar refractivity (Wildman–Crippen MR) is 65.1 cm³/mol. The quantitative estimate of drug-likeness (QED) is 0.144. The summed E-state index contributed by atoms with van der Waals surface area (Å²) in [6.07, 6.45) is -0.461. The van der Waals surface area contributed by atoms with Gasteiger partial charge in [-0.2, -0.15) is 5.12 Å². The molecule has 0 spiro atoms. The first-order valence-corrected chi connectivity index (χ1v) is 8.60. The van der Waals surface area contributed by atoms with E-state index < -0.39 is 27.1 Å². The molecule has 0 aliphatic carbocycles. The van der Waals surface area contributed by atoms with Crippen molar-refractivity contribution in [1.82, 2.24) is 10.4 Å². The first-order valence-electron chi connectivity index (χ1n) is 5.12. The van der Waals surface area contributed by atoms with Crippen LogP contribution in [0.5, 0.6) is 0 Å². The van der Waals surface area contributed by atoms with E-state index in [4.69, 9.17) is 31.3 Å². The molecular weight excluding hydrogens is 286 g/mol. The Morgan fingerprint density at radius 1 is 1.17 bits per heavy atom. The van der Waals surface area contributed by atoms with E-state index in [1.807, 2.05) is 0 Å². The lowest BCUT2D eigenvalue weighted by Crippen LogP contribution is -2.44. The Bertz CT molecular complexity index is 328. The summed E-state index contributed by atoms with van der Waals surface area (Å²) in [6.45, 7) is 0.327. The van der Waals surface area contributed by atoms with Crippen LogP contribution in [0.3, 0.4) is 0 Å². The molecule has 0 bridgehead atoms. The van der Waals surface area contributed by atoms with Gasteiger partial charge in [-0.1, -0.05) is 0 Å². The molecule has 0 aromatic rings. The van der Waals surface area contributed by atoms with E-state index in [1.165, 1.54) is 0 Å². The molecule has 1 atom stereocenters. The fourth-order valence-corrected chi connectivity index (χ4v) is 2.72. The lowest BCUT2D eigenvalue weighted by molar-refractivity contribution is 0.283. The van der Waals surface area contributed by atoms with Gasteiger partial charge in [0.15, 0.2) is 0 Å². The van der Waals surface area contributed by atoms with Crippen LogP contribution in [0.4, 0.5) is 0 Å². The normalized spacial score (nSPS) is 15.1. The zero-order valence-electron chi connectivity index (χ0n) is 9.71. The number of hydrazine groups is 2. The molecule has 0 aromatic carbocycles. The van der Waals surface area contributed by atoms with Gasteiger partial charge in [-0.15, -0.1) is 0 Å². The van der Waals surface area contributed by atoms with Crippen molar-refractivity contribution in [2.75, 3.05) is 19.3 Å². The van der Waals surface area contributed by atoms with Crippen LogP contribution in [0.2, 0.25) is 0 Å². The van der Waals surface area contributed by atoms with Crippen molar-refractivity contribution in [2.24, 2.45) is 11.7 Å². The maximum absolute atomic E-state index is 11.1. The Morgan fingerprint density at radius 3 is 2.11 bits per heavy atom. The van der Waals surface area contributed by atoms with Crippen molar-refractivity contribution in [3.05, 3.63) is 0 Å². The molecule has 110 valence electrons. The monoisotopic (exact) mass is 306 g/mol. The largest absolute Gasteiger partial charge is 0.342 e. The number of hydrogen-bond donors (Lipinski definition) is 7. The van der Waals surface area contributed by atoms with Crippen LogP contribution in [-0.4, -0.2) is 49.7 Å². The van der Waals surface area contributed by atoms with Gasteiger partial charge in [0.25, 0.3) is 0 Å². The van der Waals surface area contributed by atoms with E-state index in [-0.39, 0.29) is 25.9 Å². The summed E-state index contributed by atoms with van der Waals surface area (Å²) in [5, 5.41) is 3.42. The van der Waals surface area contributed by atoms with E-state index in [0.717, 1.165) is 5.12 Å². The summed E-state index contributed by atoms with van der Waals surface area (Å²) < 4.78 is 21.7. The molecule has 0 heterocycles. The molecule has 0 rings (SSSR count). The molecule has 0 aliphatic rings. The highest BCUT2D eigenvalue weighted by molar-refractivity contribution is 7.52. The number of nitrogens with one attached hydrogen (secondary N) is 1. The molecule has 0 aromatic heterocycles. The Balaban J connectivity index is 4.17. The first kappa shape index (κ1) is 18.1. The van der Waals surface area contributed by atoms with Gasteiger partial charge in [-0.05, 0) is 12.8 Å². The van der Waals surface area contributed by atoms with Gasteiger partial charge in [0, 0.05) is 19.3 Å². The SMILES string of the molecule is NN(N)CCNC(CCCP(=O)(O)O)P(=O)(O)O. The summed E-state index contributed by atoms with van der Waals surface area (Å²) in [7, 11) is -8.53. The number of hydrogen-bond acceptors (Lipinski definition) is 6. The van der Waals surface area contributed by atoms with Gasteiger partial charge in [0.05, 0.1) is 0 Å². The highest BCUT2D eigenvalue weighted by Crippen LogP contribution is 2.43. The van der Waals surface area contributed by atoms with Crippen LogP contribution in [0.1, 0.15) is 12.8 Å². The van der Waals surface area contributed by atoms with E-state index in [2.05, 4.69) is 5.32 Å². The maximum Gasteiger partial charge on any atom is 0.342 e. The van der Waals surface area contributed by atoms with Gasteiger partial charge >= 0.3 is 15.2 Å². The van der Waals surface area contributed by atoms with Gasteiger partial charge in [-0.25, -0.2) is 0 Å². The van der Waals surface area contributed by atoms with Crippen LogP contribution in [-0.2, 0) is 9.13 Å². The minimum absolute atomic E-state index is 0.00200. The Labute approximate surface area is 105 Å². The topological polar surface area (TPSA) is 182 Å².